The first kappa shape index (κ1) is 38.5. The molecule has 0 aliphatic carbocycles. The van der Waals surface area contributed by atoms with Gasteiger partial charge in [0, 0.05) is 50.6 Å². The van der Waals surface area contributed by atoms with Crippen LogP contribution in [0, 0.1) is 35.5 Å². The number of benzene rings is 4. The number of carbonyl (C=O) groups is 3. The van der Waals surface area contributed by atoms with Crippen molar-refractivity contribution in [2.24, 2.45) is 0 Å². The van der Waals surface area contributed by atoms with E-state index in [2.05, 4.69) is 56.8 Å². The Bertz CT molecular complexity index is 2080. The Kier molecular flexibility index (Phi) is 11.9. The van der Waals surface area contributed by atoms with Crippen molar-refractivity contribution in [3.8, 4) is 35.5 Å². The standard InChI is InChI=1S/C42H40N4O6/c1-40(2,50)19-16-28-10-7-13-33(22-28)43-37(47)31-25-32(38(48)44-34-14-8-11-29(23-34)17-20-41(3,4)51)27-36(26-31)46-39(49)45-35-15-9-12-30(24-35)18-21-42(5,6)52/h7-15,22-27,50-52H,1-6H3,(H,43,47)(H,44,48)(H2,45,46,49). The van der Waals surface area contributed by atoms with Crippen LogP contribution in [-0.2, 0) is 0 Å². The smallest absolute Gasteiger partial charge is 0.323 e. The van der Waals surface area contributed by atoms with E-state index in [0.29, 0.717) is 33.8 Å². The summed E-state index contributed by atoms with van der Waals surface area (Å²) < 4.78 is 0. The molecule has 0 radical (unpaired) electrons. The molecule has 0 heterocycles. The van der Waals surface area contributed by atoms with Crippen LogP contribution in [0.25, 0.3) is 0 Å². The number of hydrogen-bond acceptors (Lipinski definition) is 6. The molecule has 0 atom stereocenters. The van der Waals surface area contributed by atoms with Gasteiger partial charge < -0.3 is 36.6 Å². The summed E-state index contributed by atoms with van der Waals surface area (Å²) in [7, 11) is 0. The highest BCUT2D eigenvalue weighted by atomic mass is 16.3. The molecule has 10 heteroatoms. The van der Waals surface area contributed by atoms with Crippen molar-refractivity contribution in [1.82, 2.24) is 0 Å². The minimum absolute atomic E-state index is 0.0737. The molecule has 264 valence electrons. The summed E-state index contributed by atoms with van der Waals surface area (Å²) in [6.07, 6.45) is 0. The van der Waals surface area contributed by atoms with E-state index in [1.54, 1.807) is 114 Å². The average molecular weight is 697 g/mol. The summed E-state index contributed by atoms with van der Waals surface area (Å²) in [5.74, 6) is 15.7. The van der Waals surface area contributed by atoms with E-state index in [1.807, 2.05) is 0 Å². The molecule has 0 aromatic heterocycles. The van der Waals surface area contributed by atoms with Gasteiger partial charge in [-0.15, -0.1) is 0 Å². The number of nitrogens with one attached hydrogen (secondary N) is 4. The zero-order valence-corrected chi connectivity index (χ0v) is 29.7. The predicted octanol–water partition coefficient (Wildman–Crippen LogP) is 6.20. The Morgan fingerprint density at radius 3 is 1.13 bits per heavy atom. The molecule has 10 nitrogen and oxygen atoms in total. The number of anilines is 4. The molecule has 0 unspecified atom stereocenters. The summed E-state index contributed by atoms with van der Waals surface area (Å²) >= 11 is 0. The summed E-state index contributed by atoms with van der Waals surface area (Å²) in [6, 6.07) is 23.9. The molecule has 0 fully saturated rings. The van der Waals surface area contributed by atoms with E-state index in [-0.39, 0.29) is 16.8 Å². The molecule has 4 aromatic rings. The Morgan fingerprint density at radius 1 is 0.462 bits per heavy atom. The maximum Gasteiger partial charge on any atom is 0.323 e. The van der Waals surface area contributed by atoms with E-state index < -0.39 is 34.6 Å². The second-order valence-corrected chi connectivity index (χ2v) is 13.5. The maximum atomic E-state index is 13.6. The monoisotopic (exact) mass is 696 g/mol. The predicted molar refractivity (Wildman–Crippen MR) is 204 cm³/mol. The molecule has 7 N–H and O–H groups in total. The number of carbonyl (C=O) groups excluding carboxylic acids is 3. The van der Waals surface area contributed by atoms with E-state index in [4.69, 9.17) is 0 Å². The normalized spacial score (nSPS) is 10.9. The van der Waals surface area contributed by atoms with E-state index in [9.17, 15) is 29.7 Å². The minimum atomic E-state index is -1.20. The number of amides is 4. The lowest BCUT2D eigenvalue weighted by atomic mass is 10.1. The van der Waals surface area contributed by atoms with Gasteiger partial charge in [0.2, 0.25) is 0 Å². The quantitative estimate of drug-likeness (QED) is 0.119. The van der Waals surface area contributed by atoms with Crippen molar-refractivity contribution in [1.29, 1.82) is 0 Å². The Hall–Kier alpha value is -6.35. The molecule has 0 spiro atoms. The highest BCUT2D eigenvalue weighted by Gasteiger charge is 2.16. The molecule has 4 aromatic carbocycles. The first-order valence-electron chi connectivity index (χ1n) is 16.2. The number of rotatable bonds is 6. The summed E-state index contributed by atoms with van der Waals surface area (Å²) in [4.78, 5) is 40.2. The van der Waals surface area contributed by atoms with Crippen LogP contribution in [0.15, 0.2) is 91.0 Å². The zero-order chi connectivity index (χ0) is 38.1. The van der Waals surface area contributed by atoms with Gasteiger partial charge in [-0.3, -0.25) is 9.59 Å². The fourth-order valence-electron chi connectivity index (χ4n) is 4.36. The van der Waals surface area contributed by atoms with Gasteiger partial charge in [0.15, 0.2) is 0 Å². The van der Waals surface area contributed by atoms with E-state index >= 15 is 0 Å². The first-order valence-corrected chi connectivity index (χ1v) is 16.2. The van der Waals surface area contributed by atoms with Crippen LogP contribution >= 0.6 is 0 Å². The molecule has 4 rings (SSSR count). The van der Waals surface area contributed by atoms with Gasteiger partial charge in [-0.25, -0.2) is 4.79 Å². The van der Waals surface area contributed by atoms with Gasteiger partial charge in [0.05, 0.1) is 0 Å². The van der Waals surface area contributed by atoms with Crippen molar-refractivity contribution in [3.05, 3.63) is 119 Å². The van der Waals surface area contributed by atoms with Crippen molar-refractivity contribution < 1.29 is 29.7 Å². The Morgan fingerprint density at radius 2 is 0.788 bits per heavy atom. The third-order valence-electron chi connectivity index (χ3n) is 6.61. The molecule has 0 saturated heterocycles. The van der Waals surface area contributed by atoms with Crippen LogP contribution in [-0.4, -0.2) is 50.0 Å². The van der Waals surface area contributed by atoms with E-state index in [0.717, 1.165) is 0 Å². The van der Waals surface area contributed by atoms with Crippen molar-refractivity contribution >= 4 is 40.6 Å². The molecule has 0 aliphatic heterocycles. The van der Waals surface area contributed by atoms with Gasteiger partial charge in [-0.1, -0.05) is 53.7 Å². The molecule has 52 heavy (non-hydrogen) atoms. The van der Waals surface area contributed by atoms with Crippen molar-refractivity contribution in [2.75, 3.05) is 21.3 Å². The highest BCUT2D eigenvalue weighted by molar-refractivity contribution is 6.11. The maximum absolute atomic E-state index is 13.6. The lowest BCUT2D eigenvalue weighted by molar-refractivity contribution is 0.102. The molecule has 0 aliphatic rings. The fourth-order valence-corrected chi connectivity index (χ4v) is 4.36. The summed E-state index contributed by atoms with van der Waals surface area (Å²) in [6.45, 7) is 9.39. The summed E-state index contributed by atoms with van der Waals surface area (Å²) in [5, 5.41) is 40.9. The van der Waals surface area contributed by atoms with Crippen LogP contribution in [0.2, 0.25) is 0 Å². The minimum Gasteiger partial charge on any atom is -0.378 e. The first-order chi connectivity index (χ1) is 24.3. The largest absolute Gasteiger partial charge is 0.378 e. The van der Waals surface area contributed by atoms with Gasteiger partial charge in [0.1, 0.15) is 16.8 Å². The number of aliphatic hydroxyl groups is 3. The Balaban J connectivity index is 1.62. The lowest BCUT2D eigenvalue weighted by Crippen LogP contribution is -2.21. The third-order valence-corrected chi connectivity index (χ3v) is 6.61. The second kappa shape index (κ2) is 16.1. The molecule has 4 amide bonds. The summed E-state index contributed by atoms with van der Waals surface area (Å²) in [5.41, 5.74) is -0.313. The van der Waals surface area contributed by atoms with Crippen LogP contribution in [0.1, 0.15) is 78.9 Å². The van der Waals surface area contributed by atoms with Gasteiger partial charge in [0.25, 0.3) is 11.8 Å². The van der Waals surface area contributed by atoms with Gasteiger partial charge in [-0.05, 0) is 114 Å². The zero-order valence-electron chi connectivity index (χ0n) is 29.7. The lowest BCUT2D eigenvalue weighted by Gasteiger charge is -2.13. The second-order valence-electron chi connectivity index (χ2n) is 13.5. The van der Waals surface area contributed by atoms with Gasteiger partial charge >= 0.3 is 6.03 Å². The van der Waals surface area contributed by atoms with Crippen molar-refractivity contribution in [3.63, 3.8) is 0 Å². The van der Waals surface area contributed by atoms with Crippen LogP contribution < -0.4 is 21.3 Å². The molecular weight excluding hydrogens is 656 g/mol. The number of urea groups is 1. The highest BCUT2D eigenvalue weighted by Crippen LogP contribution is 2.21. The third kappa shape index (κ3) is 13.2. The number of hydrogen-bond donors (Lipinski definition) is 7. The van der Waals surface area contributed by atoms with E-state index in [1.165, 1.54) is 18.2 Å². The topological polar surface area (TPSA) is 160 Å². The van der Waals surface area contributed by atoms with Gasteiger partial charge in [-0.2, -0.15) is 0 Å². The van der Waals surface area contributed by atoms with Crippen LogP contribution in [0.5, 0.6) is 0 Å². The Labute approximate surface area is 303 Å². The fraction of sp³-hybridized carbons (Fsp3) is 0.214. The van der Waals surface area contributed by atoms with Crippen molar-refractivity contribution in [2.45, 2.75) is 58.3 Å². The van der Waals surface area contributed by atoms with Crippen LogP contribution in [0.3, 0.4) is 0 Å². The van der Waals surface area contributed by atoms with Crippen LogP contribution in [0.4, 0.5) is 27.5 Å². The molecule has 0 bridgehead atoms. The SMILES string of the molecule is CC(C)(O)C#Cc1cccc(NC(=O)Nc2cc(C(=O)Nc3cccc(C#CC(C)(C)O)c3)cc(C(=O)Nc3cccc(C#CC(C)(C)O)c3)c2)c1. The molecule has 0 saturated carbocycles. The average Bonchev–Trinajstić information content (AvgIpc) is 3.05. The molecular formula is C42H40N4O6.